The molecule has 0 radical (unpaired) electrons. The third kappa shape index (κ3) is 6.24. The van der Waals surface area contributed by atoms with Crippen molar-refractivity contribution in [2.24, 2.45) is 0 Å². The summed E-state index contributed by atoms with van der Waals surface area (Å²) in [4.78, 5) is 35.9. The van der Waals surface area contributed by atoms with Gasteiger partial charge in [-0.05, 0) is 44.2 Å². The zero-order valence-electron chi connectivity index (χ0n) is 15.8. The lowest BCUT2D eigenvalue weighted by Crippen LogP contribution is -2.17. The second-order valence-corrected chi connectivity index (χ2v) is 6.68. The van der Waals surface area contributed by atoms with Crippen molar-refractivity contribution in [2.75, 3.05) is 0 Å². The second-order valence-electron chi connectivity index (χ2n) is 6.68. The zero-order chi connectivity index (χ0) is 19.8. The van der Waals surface area contributed by atoms with E-state index < -0.39 is 11.9 Å². The predicted molar refractivity (Wildman–Crippen MR) is 101 cm³/mol. The van der Waals surface area contributed by atoms with E-state index in [1.54, 1.807) is 19.9 Å². The Labute approximate surface area is 159 Å². The van der Waals surface area contributed by atoms with E-state index in [1.807, 2.05) is 6.08 Å². The minimum atomic E-state index is -0.642. The van der Waals surface area contributed by atoms with E-state index in [1.165, 1.54) is 12.1 Å². The van der Waals surface area contributed by atoms with Gasteiger partial charge in [0.05, 0.1) is 6.10 Å². The third-order valence-corrected chi connectivity index (χ3v) is 4.34. The Morgan fingerprint density at radius 1 is 1.26 bits per heavy atom. The van der Waals surface area contributed by atoms with Gasteiger partial charge in [-0.3, -0.25) is 9.59 Å². The Kier molecular flexibility index (Phi) is 7.58. The molecule has 1 N–H and O–H groups in total. The number of carbonyl (C=O) groups excluding carboxylic acids is 3. The Morgan fingerprint density at radius 2 is 2.00 bits per heavy atom. The van der Waals surface area contributed by atoms with Crippen LogP contribution in [0.5, 0.6) is 11.5 Å². The first kappa shape index (κ1) is 20.7. The lowest BCUT2D eigenvalue weighted by atomic mass is 10.0. The molecule has 1 aliphatic rings. The summed E-state index contributed by atoms with van der Waals surface area (Å²) in [7, 11) is 0. The van der Waals surface area contributed by atoms with Crippen molar-refractivity contribution in [3.05, 3.63) is 29.3 Å². The average molecular weight is 374 g/mol. The number of ether oxygens (including phenoxy) is 2. The number of phenolic OH excluding ortho intramolecular Hbond substituents is 1. The fourth-order valence-corrected chi connectivity index (χ4v) is 2.88. The van der Waals surface area contributed by atoms with Gasteiger partial charge in [0.25, 0.3) is 0 Å². The van der Waals surface area contributed by atoms with Gasteiger partial charge in [0.2, 0.25) is 0 Å². The number of rotatable bonds is 2. The van der Waals surface area contributed by atoms with Crippen LogP contribution in [0.4, 0.5) is 0 Å². The molecule has 1 aromatic rings. The van der Waals surface area contributed by atoms with Gasteiger partial charge in [0.15, 0.2) is 0 Å². The van der Waals surface area contributed by atoms with Gasteiger partial charge in [0, 0.05) is 25.3 Å². The van der Waals surface area contributed by atoms with E-state index in [2.05, 4.69) is 0 Å². The largest absolute Gasteiger partial charge is 0.507 e. The van der Waals surface area contributed by atoms with Crippen molar-refractivity contribution in [1.29, 1.82) is 0 Å². The minimum absolute atomic E-state index is 0.0440. The van der Waals surface area contributed by atoms with Gasteiger partial charge in [-0.15, -0.1) is 0 Å². The van der Waals surface area contributed by atoms with Crippen LogP contribution in [0.15, 0.2) is 18.2 Å². The quantitative estimate of drug-likeness (QED) is 0.617. The zero-order valence-corrected chi connectivity index (χ0v) is 15.8. The summed E-state index contributed by atoms with van der Waals surface area (Å²) in [6, 6.07) is 2.77. The SMILES string of the molecule is CCC(=O)Oc1cc(O)c2c(c1)/C=C/CCCC(=O)CCC[C@H](C)OC2=O. The molecule has 1 aromatic carbocycles. The number of allylic oxidation sites excluding steroid dienone is 1. The van der Waals surface area contributed by atoms with Crippen molar-refractivity contribution in [3.8, 4) is 11.5 Å². The molecule has 0 amide bonds. The number of fused-ring (bicyclic) bond motifs is 1. The molecule has 146 valence electrons. The molecule has 2 rings (SSSR count). The number of esters is 2. The molecule has 0 aliphatic carbocycles. The summed E-state index contributed by atoms with van der Waals surface area (Å²) in [6.45, 7) is 3.43. The van der Waals surface area contributed by atoms with Crippen LogP contribution in [-0.2, 0) is 14.3 Å². The van der Waals surface area contributed by atoms with E-state index in [-0.39, 0.29) is 35.4 Å². The van der Waals surface area contributed by atoms with Crippen molar-refractivity contribution in [1.82, 2.24) is 0 Å². The molecular formula is C21H26O6. The number of hydrogen-bond donors (Lipinski definition) is 1. The fraction of sp³-hybridized carbons (Fsp3) is 0.476. The highest BCUT2D eigenvalue weighted by Gasteiger charge is 2.21. The summed E-state index contributed by atoms with van der Waals surface area (Å²) in [6.07, 6.45) is 6.97. The van der Waals surface area contributed by atoms with Crippen LogP contribution in [0, 0.1) is 0 Å². The van der Waals surface area contributed by atoms with E-state index in [4.69, 9.17) is 9.47 Å². The Morgan fingerprint density at radius 3 is 2.74 bits per heavy atom. The number of benzene rings is 1. The van der Waals surface area contributed by atoms with Gasteiger partial charge in [0.1, 0.15) is 22.8 Å². The number of aromatic hydroxyl groups is 1. The maximum Gasteiger partial charge on any atom is 0.342 e. The first-order valence-corrected chi connectivity index (χ1v) is 9.37. The summed E-state index contributed by atoms with van der Waals surface area (Å²) in [5, 5.41) is 10.3. The standard InChI is InChI=1S/C21H26O6/c1-3-19(24)27-17-12-15-9-5-4-6-10-16(22)11-7-8-14(2)26-21(25)20(15)18(23)13-17/h5,9,12-14,23H,3-4,6-8,10-11H2,1-2H3/b9-5+/t14-/m0/s1. The minimum Gasteiger partial charge on any atom is -0.507 e. The smallest absolute Gasteiger partial charge is 0.342 e. The van der Waals surface area contributed by atoms with Gasteiger partial charge >= 0.3 is 11.9 Å². The number of hydrogen-bond acceptors (Lipinski definition) is 6. The molecule has 0 spiro atoms. The summed E-state index contributed by atoms with van der Waals surface area (Å²) < 4.78 is 10.6. The van der Waals surface area contributed by atoms with Crippen molar-refractivity contribution >= 4 is 23.8 Å². The van der Waals surface area contributed by atoms with Crippen LogP contribution >= 0.6 is 0 Å². The highest BCUT2D eigenvalue weighted by atomic mass is 16.5. The van der Waals surface area contributed by atoms with Crippen molar-refractivity contribution in [3.63, 3.8) is 0 Å². The van der Waals surface area contributed by atoms with E-state index >= 15 is 0 Å². The molecule has 6 heteroatoms. The van der Waals surface area contributed by atoms with Crippen LogP contribution in [0.1, 0.15) is 74.7 Å². The van der Waals surface area contributed by atoms with Crippen LogP contribution in [0.2, 0.25) is 0 Å². The second kappa shape index (κ2) is 9.90. The van der Waals surface area contributed by atoms with E-state index in [0.717, 1.165) is 6.42 Å². The fourth-order valence-electron chi connectivity index (χ4n) is 2.88. The Balaban J connectivity index is 2.36. The van der Waals surface area contributed by atoms with Gasteiger partial charge < -0.3 is 14.6 Å². The normalized spacial score (nSPS) is 20.1. The number of phenols is 1. The third-order valence-electron chi connectivity index (χ3n) is 4.34. The van der Waals surface area contributed by atoms with E-state index in [0.29, 0.717) is 37.7 Å². The number of ketones is 1. The predicted octanol–water partition coefficient (Wildman–Crippen LogP) is 4.19. The van der Waals surface area contributed by atoms with E-state index in [9.17, 15) is 19.5 Å². The topological polar surface area (TPSA) is 89.9 Å². The molecule has 0 saturated carbocycles. The van der Waals surface area contributed by atoms with Crippen molar-refractivity contribution < 1.29 is 29.0 Å². The molecule has 0 fully saturated rings. The lowest BCUT2D eigenvalue weighted by Gasteiger charge is -2.16. The van der Waals surface area contributed by atoms with Gasteiger partial charge in [-0.2, -0.15) is 0 Å². The Hall–Kier alpha value is -2.63. The molecule has 0 aromatic heterocycles. The maximum atomic E-state index is 12.6. The van der Waals surface area contributed by atoms with Crippen molar-refractivity contribution in [2.45, 2.75) is 64.9 Å². The molecule has 27 heavy (non-hydrogen) atoms. The van der Waals surface area contributed by atoms with Crippen LogP contribution in [0.25, 0.3) is 6.08 Å². The maximum absolute atomic E-state index is 12.6. The number of carbonyl (C=O) groups is 3. The molecule has 6 nitrogen and oxygen atoms in total. The first-order valence-electron chi connectivity index (χ1n) is 9.37. The lowest BCUT2D eigenvalue weighted by molar-refractivity contribution is -0.134. The van der Waals surface area contributed by atoms with Crippen LogP contribution in [-0.4, -0.2) is 28.9 Å². The molecular weight excluding hydrogens is 348 g/mol. The summed E-state index contributed by atoms with van der Waals surface area (Å²) in [5.41, 5.74) is 0.456. The molecule has 0 unspecified atom stereocenters. The highest BCUT2D eigenvalue weighted by Crippen LogP contribution is 2.31. The Bertz CT molecular complexity index is 734. The van der Waals surface area contributed by atoms with Gasteiger partial charge in [-0.25, -0.2) is 4.79 Å². The summed E-state index contributed by atoms with van der Waals surface area (Å²) in [5.74, 6) is -0.994. The summed E-state index contributed by atoms with van der Waals surface area (Å²) >= 11 is 0. The molecule has 0 bridgehead atoms. The number of cyclic esters (lactones) is 1. The molecule has 1 heterocycles. The average Bonchev–Trinajstić information content (AvgIpc) is 2.60. The number of Topliss-reactive ketones (excluding diaryl/α,β-unsaturated/α-hetero) is 1. The van der Waals surface area contributed by atoms with Crippen LogP contribution in [0.3, 0.4) is 0 Å². The monoisotopic (exact) mass is 374 g/mol. The van der Waals surface area contributed by atoms with Gasteiger partial charge in [-0.1, -0.05) is 19.1 Å². The first-order chi connectivity index (χ1) is 12.9. The molecule has 1 atom stereocenters. The molecule has 1 aliphatic heterocycles. The molecule has 0 saturated heterocycles. The van der Waals surface area contributed by atoms with Crippen LogP contribution < -0.4 is 4.74 Å². The highest BCUT2D eigenvalue weighted by molar-refractivity contribution is 5.97.